The molecule has 0 N–H and O–H groups in total. The Kier molecular flexibility index (Phi) is 3.83. The molecule has 3 heterocycles. The van der Waals surface area contributed by atoms with Gasteiger partial charge in [0, 0.05) is 31.1 Å². The standard InChI is InChI=1S/C19H13F3N4O/c1-25-10-8-12(11-16(25)27)17-18-15(3-2-9-23-18)26(24-17)14-6-4-13(5-7-14)19(20,21)22/h2-11H,1H3. The van der Waals surface area contributed by atoms with Crippen LogP contribution in [0.3, 0.4) is 0 Å². The van der Waals surface area contributed by atoms with Gasteiger partial charge in [-0.15, -0.1) is 0 Å². The van der Waals surface area contributed by atoms with E-state index in [1.165, 1.54) is 27.4 Å². The first-order valence-corrected chi connectivity index (χ1v) is 8.03. The number of aromatic nitrogens is 4. The minimum Gasteiger partial charge on any atom is -0.319 e. The van der Waals surface area contributed by atoms with Gasteiger partial charge in [-0.25, -0.2) is 4.68 Å². The van der Waals surface area contributed by atoms with Gasteiger partial charge in [0.25, 0.3) is 5.56 Å². The molecule has 0 fully saturated rings. The van der Waals surface area contributed by atoms with Crippen LogP contribution in [0, 0.1) is 0 Å². The van der Waals surface area contributed by atoms with Gasteiger partial charge in [0.2, 0.25) is 0 Å². The van der Waals surface area contributed by atoms with E-state index in [1.54, 1.807) is 37.6 Å². The lowest BCUT2D eigenvalue weighted by atomic mass is 10.1. The number of nitrogens with zero attached hydrogens (tertiary/aromatic N) is 4. The maximum absolute atomic E-state index is 12.8. The summed E-state index contributed by atoms with van der Waals surface area (Å²) < 4.78 is 41.4. The van der Waals surface area contributed by atoms with E-state index in [4.69, 9.17) is 0 Å². The molecule has 136 valence electrons. The van der Waals surface area contributed by atoms with E-state index in [0.717, 1.165) is 12.1 Å². The highest BCUT2D eigenvalue weighted by atomic mass is 19.4. The van der Waals surface area contributed by atoms with Gasteiger partial charge >= 0.3 is 6.18 Å². The first-order chi connectivity index (χ1) is 12.8. The Morgan fingerprint density at radius 1 is 1.04 bits per heavy atom. The molecule has 0 spiro atoms. The topological polar surface area (TPSA) is 52.7 Å². The van der Waals surface area contributed by atoms with Crippen molar-refractivity contribution in [3.8, 4) is 16.9 Å². The van der Waals surface area contributed by atoms with Crippen molar-refractivity contribution < 1.29 is 13.2 Å². The third-order valence-electron chi connectivity index (χ3n) is 4.26. The van der Waals surface area contributed by atoms with Crippen LogP contribution in [0.15, 0.2) is 65.7 Å². The average Bonchev–Trinajstić information content (AvgIpc) is 3.03. The molecule has 4 rings (SSSR count). The molecular weight excluding hydrogens is 357 g/mol. The number of hydrogen-bond acceptors (Lipinski definition) is 3. The highest BCUT2D eigenvalue weighted by Crippen LogP contribution is 2.31. The first kappa shape index (κ1) is 17.0. The van der Waals surface area contributed by atoms with Crippen LogP contribution >= 0.6 is 0 Å². The highest BCUT2D eigenvalue weighted by molar-refractivity contribution is 5.90. The van der Waals surface area contributed by atoms with Crippen molar-refractivity contribution in [1.29, 1.82) is 0 Å². The number of hydrogen-bond donors (Lipinski definition) is 0. The van der Waals surface area contributed by atoms with Gasteiger partial charge in [0.1, 0.15) is 11.2 Å². The summed E-state index contributed by atoms with van der Waals surface area (Å²) >= 11 is 0. The lowest BCUT2D eigenvalue weighted by molar-refractivity contribution is -0.137. The number of halogens is 3. The van der Waals surface area contributed by atoms with Gasteiger partial charge in [0.05, 0.1) is 16.8 Å². The van der Waals surface area contributed by atoms with Crippen molar-refractivity contribution >= 4 is 11.0 Å². The summed E-state index contributed by atoms with van der Waals surface area (Å²) in [7, 11) is 1.64. The summed E-state index contributed by atoms with van der Waals surface area (Å²) in [6.45, 7) is 0. The summed E-state index contributed by atoms with van der Waals surface area (Å²) in [4.78, 5) is 16.3. The van der Waals surface area contributed by atoms with Crippen molar-refractivity contribution in [1.82, 2.24) is 19.3 Å². The normalized spacial score (nSPS) is 11.9. The minimum absolute atomic E-state index is 0.194. The lowest BCUT2D eigenvalue weighted by Crippen LogP contribution is -2.14. The molecule has 4 aromatic rings. The van der Waals surface area contributed by atoms with Gasteiger partial charge in [-0.05, 0) is 42.5 Å². The molecule has 0 radical (unpaired) electrons. The van der Waals surface area contributed by atoms with Crippen LogP contribution in [0.2, 0.25) is 0 Å². The number of fused-ring (bicyclic) bond motifs is 1. The molecule has 1 aromatic carbocycles. The molecule has 8 heteroatoms. The molecule has 5 nitrogen and oxygen atoms in total. The molecule has 0 unspecified atom stereocenters. The third kappa shape index (κ3) is 2.99. The Morgan fingerprint density at radius 3 is 2.44 bits per heavy atom. The summed E-state index contributed by atoms with van der Waals surface area (Å²) in [6.07, 6.45) is -1.17. The molecule has 0 bridgehead atoms. The Labute approximate surface area is 151 Å². The zero-order chi connectivity index (χ0) is 19.2. The van der Waals surface area contributed by atoms with E-state index in [0.29, 0.717) is 28.0 Å². The van der Waals surface area contributed by atoms with Crippen LogP contribution in [0.1, 0.15) is 5.56 Å². The van der Waals surface area contributed by atoms with E-state index in [2.05, 4.69) is 10.1 Å². The predicted octanol–water partition coefficient (Wildman–Crippen LogP) is 3.81. The molecular formula is C19H13F3N4O. The smallest absolute Gasteiger partial charge is 0.319 e. The van der Waals surface area contributed by atoms with Gasteiger partial charge < -0.3 is 4.57 Å². The number of pyridine rings is 2. The average molecular weight is 370 g/mol. The van der Waals surface area contributed by atoms with Crippen molar-refractivity contribution in [2.75, 3.05) is 0 Å². The van der Waals surface area contributed by atoms with Gasteiger partial charge in [-0.3, -0.25) is 9.78 Å². The second kappa shape index (κ2) is 6.08. The zero-order valence-corrected chi connectivity index (χ0v) is 14.1. The maximum atomic E-state index is 12.8. The van der Waals surface area contributed by atoms with Gasteiger partial charge in [-0.2, -0.15) is 18.3 Å². The maximum Gasteiger partial charge on any atom is 0.416 e. The van der Waals surface area contributed by atoms with Crippen molar-refractivity contribution in [3.05, 3.63) is 76.8 Å². The van der Waals surface area contributed by atoms with Crippen LogP contribution in [-0.2, 0) is 13.2 Å². The Bertz CT molecular complexity index is 1190. The minimum atomic E-state index is -4.40. The molecule has 27 heavy (non-hydrogen) atoms. The van der Waals surface area contributed by atoms with Gasteiger partial charge in [-0.1, -0.05) is 0 Å². The Hall–Kier alpha value is -3.42. The first-order valence-electron chi connectivity index (χ1n) is 8.03. The third-order valence-corrected chi connectivity index (χ3v) is 4.26. The molecule has 0 atom stereocenters. The molecule has 0 aliphatic rings. The second-order valence-electron chi connectivity index (χ2n) is 6.04. The largest absolute Gasteiger partial charge is 0.416 e. The number of alkyl halides is 3. The number of benzene rings is 1. The van der Waals surface area contributed by atoms with Crippen molar-refractivity contribution in [2.45, 2.75) is 6.18 Å². The Balaban J connectivity index is 1.90. The highest BCUT2D eigenvalue weighted by Gasteiger charge is 2.30. The molecule has 0 saturated carbocycles. The van der Waals surface area contributed by atoms with Crippen LogP contribution in [0.25, 0.3) is 28.0 Å². The molecule has 0 saturated heterocycles. The fourth-order valence-electron chi connectivity index (χ4n) is 2.83. The SMILES string of the molecule is Cn1ccc(-c2nn(-c3ccc(C(F)(F)F)cc3)c3cccnc23)cc1=O. The molecule has 3 aromatic heterocycles. The fraction of sp³-hybridized carbons (Fsp3) is 0.105. The van der Waals surface area contributed by atoms with E-state index in [-0.39, 0.29) is 5.56 Å². The number of aryl methyl sites for hydroxylation is 1. The van der Waals surface area contributed by atoms with Crippen LogP contribution < -0.4 is 5.56 Å². The van der Waals surface area contributed by atoms with E-state index >= 15 is 0 Å². The summed E-state index contributed by atoms with van der Waals surface area (Å²) in [5, 5.41) is 4.52. The summed E-state index contributed by atoms with van der Waals surface area (Å²) in [5.74, 6) is 0. The van der Waals surface area contributed by atoms with E-state index < -0.39 is 11.7 Å². The van der Waals surface area contributed by atoms with Crippen LogP contribution in [0.4, 0.5) is 13.2 Å². The predicted molar refractivity (Wildman–Crippen MR) is 94.5 cm³/mol. The Morgan fingerprint density at radius 2 is 1.78 bits per heavy atom. The van der Waals surface area contributed by atoms with Crippen LogP contribution in [-0.4, -0.2) is 19.3 Å². The summed E-state index contributed by atoms with van der Waals surface area (Å²) in [5.41, 5.74) is 1.82. The van der Waals surface area contributed by atoms with E-state index in [1.807, 2.05) is 0 Å². The van der Waals surface area contributed by atoms with Crippen molar-refractivity contribution in [2.24, 2.45) is 7.05 Å². The van der Waals surface area contributed by atoms with Gasteiger partial charge in [0.15, 0.2) is 0 Å². The molecule has 0 aliphatic heterocycles. The van der Waals surface area contributed by atoms with Crippen molar-refractivity contribution in [3.63, 3.8) is 0 Å². The fourth-order valence-corrected chi connectivity index (χ4v) is 2.83. The quantitative estimate of drug-likeness (QED) is 0.539. The number of rotatable bonds is 2. The summed E-state index contributed by atoms with van der Waals surface area (Å²) in [6, 6.07) is 11.4. The second-order valence-corrected chi connectivity index (χ2v) is 6.04. The zero-order valence-electron chi connectivity index (χ0n) is 14.1. The monoisotopic (exact) mass is 370 g/mol. The van der Waals surface area contributed by atoms with E-state index in [9.17, 15) is 18.0 Å². The lowest BCUT2D eigenvalue weighted by Gasteiger charge is -2.08. The molecule has 0 aliphatic carbocycles. The van der Waals surface area contributed by atoms with Crippen LogP contribution in [0.5, 0.6) is 0 Å². The molecule has 0 amide bonds.